The van der Waals surface area contributed by atoms with Crippen molar-refractivity contribution in [2.75, 3.05) is 32.7 Å². The van der Waals surface area contributed by atoms with Gasteiger partial charge in [0.25, 0.3) is 0 Å². The van der Waals surface area contributed by atoms with Gasteiger partial charge in [0.15, 0.2) is 0 Å². The summed E-state index contributed by atoms with van der Waals surface area (Å²) in [6, 6.07) is 7.98. The van der Waals surface area contributed by atoms with Crippen LogP contribution in [0.4, 0.5) is 0 Å². The monoisotopic (exact) mass is 290 g/mol. The Morgan fingerprint density at radius 2 is 1.81 bits per heavy atom. The molecule has 2 aliphatic rings. The van der Waals surface area contributed by atoms with Crippen LogP contribution in [0.3, 0.4) is 0 Å². The molecule has 1 aliphatic heterocycles. The van der Waals surface area contributed by atoms with Crippen LogP contribution in [-0.4, -0.2) is 48.8 Å². The maximum Gasteiger partial charge on any atom is 0.119 e. The van der Waals surface area contributed by atoms with E-state index in [4.69, 9.17) is 4.74 Å². The first-order valence-electron chi connectivity index (χ1n) is 8.19. The predicted octanol–water partition coefficient (Wildman–Crippen LogP) is 1.95. The fourth-order valence-electron chi connectivity index (χ4n) is 3.21. The molecule has 1 aliphatic carbocycles. The number of piperazine rings is 1. The van der Waals surface area contributed by atoms with Gasteiger partial charge in [-0.2, -0.15) is 0 Å². The van der Waals surface area contributed by atoms with Gasteiger partial charge in [-0.05, 0) is 43.4 Å². The number of nitrogens with zero attached hydrogens (tertiary/aromatic N) is 1. The number of aliphatic hydroxyl groups is 1. The number of benzene rings is 1. The van der Waals surface area contributed by atoms with E-state index in [-0.39, 0.29) is 0 Å². The molecule has 1 atom stereocenters. The van der Waals surface area contributed by atoms with Crippen molar-refractivity contribution < 1.29 is 9.84 Å². The first-order chi connectivity index (χ1) is 10.3. The molecule has 2 fully saturated rings. The van der Waals surface area contributed by atoms with Crippen LogP contribution in [0.5, 0.6) is 5.75 Å². The number of hydrogen-bond acceptors (Lipinski definition) is 4. The second-order valence-electron chi connectivity index (χ2n) is 6.16. The Hall–Kier alpha value is -1.10. The summed E-state index contributed by atoms with van der Waals surface area (Å²) in [5.74, 6) is 0.931. The molecule has 0 aromatic heterocycles. The molecule has 0 spiro atoms. The van der Waals surface area contributed by atoms with Crippen LogP contribution in [0.2, 0.25) is 0 Å². The first-order valence-corrected chi connectivity index (χ1v) is 8.19. The zero-order valence-corrected chi connectivity index (χ0v) is 12.6. The molecule has 1 saturated carbocycles. The number of rotatable bonds is 5. The Labute approximate surface area is 127 Å². The van der Waals surface area contributed by atoms with Crippen LogP contribution in [-0.2, 0) is 0 Å². The lowest BCUT2D eigenvalue weighted by atomic mass is 10.1. The molecule has 21 heavy (non-hydrogen) atoms. The van der Waals surface area contributed by atoms with Crippen LogP contribution >= 0.6 is 0 Å². The molecule has 0 bridgehead atoms. The van der Waals surface area contributed by atoms with Gasteiger partial charge in [-0.15, -0.1) is 0 Å². The summed E-state index contributed by atoms with van der Waals surface area (Å²) in [6.07, 6.45) is 4.89. The number of ether oxygens (including phenoxy) is 1. The van der Waals surface area contributed by atoms with E-state index in [0.717, 1.165) is 37.5 Å². The smallest absolute Gasteiger partial charge is 0.119 e. The van der Waals surface area contributed by atoms with E-state index >= 15 is 0 Å². The fraction of sp³-hybridized carbons (Fsp3) is 0.647. The second-order valence-corrected chi connectivity index (χ2v) is 6.16. The molecule has 1 aromatic carbocycles. The summed E-state index contributed by atoms with van der Waals surface area (Å²) in [5, 5.41) is 13.7. The van der Waals surface area contributed by atoms with Gasteiger partial charge < -0.3 is 15.2 Å². The lowest BCUT2D eigenvalue weighted by Gasteiger charge is -2.29. The summed E-state index contributed by atoms with van der Waals surface area (Å²) in [6.45, 7) is 4.77. The minimum Gasteiger partial charge on any atom is -0.490 e. The molecule has 1 aromatic rings. The van der Waals surface area contributed by atoms with Gasteiger partial charge in [0.05, 0.1) is 12.2 Å². The topological polar surface area (TPSA) is 44.7 Å². The van der Waals surface area contributed by atoms with Crippen molar-refractivity contribution in [2.45, 2.75) is 37.9 Å². The number of aliphatic hydroxyl groups excluding tert-OH is 1. The molecule has 1 heterocycles. The van der Waals surface area contributed by atoms with Gasteiger partial charge in [0.1, 0.15) is 5.75 Å². The van der Waals surface area contributed by atoms with Crippen molar-refractivity contribution in [3.8, 4) is 5.75 Å². The standard InChI is InChI=1S/C17H26N2O2/c20-17(13-19-11-9-18-10-12-19)14-5-7-16(8-6-14)21-15-3-1-2-4-15/h5-8,15,17-18,20H,1-4,9-13H2. The van der Waals surface area contributed by atoms with Gasteiger partial charge in [0.2, 0.25) is 0 Å². The van der Waals surface area contributed by atoms with Crippen LogP contribution in [0.15, 0.2) is 24.3 Å². The van der Waals surface area contributed by atoms with Crippen molar-refractivity contribution in [1.82, 2.24) is 10.2 Å². The molecule has 4 heteroatoms. The highest BCUT2D eigenvalue weighted by Gasteiger charge is 2.18. The number of nitrogens with one attached hydrogen (secondary N) is 1. The van der Waals surface area contributed by atoms with Crippen molar-refractivity contribution in [3.05, 3.63) is 29.8 Å². The molecule has 1 saturated heterocycles. The third kappa shape index (κ3) is 4.19. The first kappa shape index (κ1) is 14.8. The molecule has 116 valence electrons. The zero-order valence-electron chi connectivity index (χ0n) is 12.6. The quantitative estimate of drug-likeness (QED) is 0.870. The van der Waals surface area contributed by atoms with E-state index in [1.807, 2.05) is 24.3 Å². The van der Waals surface area contributed by atoms with Gasteiger partial charge in [0, 0.05) is 32.7 Å². The molecule has 0 amide bonds. The molecule has 0 radical (unpaired) electrons. The average molecular weight is 290 g/mol. The van der Waals surface area contributed by atoms with Crippen molar-refractivity contribution >= 4 is 0 Å². The third-order valence-electron chi connectivity index (χ3n) is 4.51. The fourth-order valence-corrected chi connectivity index (χ4v) is 3.21. The van der Waals surface area contributed by atoms with Crippen LogP contribution < -0.4 is 10.1 Å². The average Bonchev–Trinajstić information content (AvgIpc) is 3.02. The Morgan fingerprint density at radius 1 is 1.14 bits per heavy atom. The van der Waals surface area contributed by atoms with Crippen molar-refractivity contribution in [3.63, 3.8) is 0 Å². The third-order valence-corrected chi connectivity index (χ3v) is 4.51. The highest BCUT2D eigenvalue weighted by Crippen LogP contribution is 2.25. The molecule has 1 unspecified atom stereocenters. The maximum absolute atomic E-state index is 10.3. The number of β-amino-alcohol motifs (C(OH)–C–C–N with tert-alkyl or cyclic N) is 1. The molecule has 2 N–H and O–H groups in total. The predicted molar refractivity (Wildman–Crippen MR) is 83.6 cm³/mol. The molecule has 3 rings (SSSR count). The SMILES string of the molecule is OC(CN1CCNCC1)c1ccc(OC2CCCC2)cc1. The van der Waals surface area contributed by atoms with E-state index in [2.05, 4.69) is 10.2 Å². The van der Waals surface area contributed by atoms with Gasteiger partial charge >= 0.3 is 0 Å². The Bertz CT molecular complexity index is 423. The van der Waals surface area contributed by atoms with Crippen molar-refractivity contribution in [2.24, 2.45) is 0 Å². The van der Waals surface area contributed by atoms with Crippen LogP contribution in [0.1, 0.15) is 37.4 Å². The maximum atomic E-state index is 10.3. The molecular weight excluding hydrogens is 264 g/mol. The zero-order chi connectivity index (χ0) is 14.5. The second kappa shape index (κ2) is 7.25. The van der Waals surface area contributed by atoms with E-state index in [1.165, 1.54) is 25.7 Å². The minimum absolute atomic E-state index is 0.390. The lowest BCUT2D eigenvalue weighted by molar-refractivity contribution is 0.105. The minimum atomic E-state index is -0.413. The highest BCUT2D eigenvalue weighted by molar-refractivity contribution is 5.29. The highest BCUT2D eigenvalue weighted by atomic mass is 16.5. The summed E-state index contributed by atoms with van der Waals surface area (Å²) < 4.78 is 5.96. The summed E-state index contributed by atoms with van der Waals surface area (Å²) in [4.78, 5) is 2.31. The van der Waals surface area contributed by atoms with E-state index in [0.29, 0.717) is 12.6 Å². The largest absolute Gasteiger partial charge is 0.490 e. The Balaban J connectivity index is 1.52. The van der Waals surface area contributed by atoms with E-state index in [1.54, 1.807) is 0 Å². The summed E-state index contributed by atoms with van der Waals surface area (Å²) in [5.41, 5.74) is 0.979. The van der Waals surface area contributed by atoms with Crippen molar-refractivity contribution in [1.29, 1.82) is 0 Å². The van der Waals surface area contributed by atoms with E-state index in [9.17, 15) is 5.11 Å². The number of hydrogen-bond donors (Lipinski definition) is 2. The van der Waals surface area contributed by atoms with E-state index < -0.39 is 6.10 Å². The summed E-state index contributed by atoms with van der Waals surface area (Å²) >= 11 is 0. The molecule has 4 nitrogen and oxygen atoms in total. The lowest BCUT2D eigenvalue weighted by Crippen LogP contribution is -2.44. The van der Waals surface area contributed by atoms with Crippen LogP contribution in [0, 0.1) is 0 Å². The van der Waals surface area contributed by atoms with Gasteiger partial charge in [-0.3, -0.25) is 4.90 Å². The van der Waals surface area contributed by atoms with Gasteiger partial charge in [-0.1, -0.05) is 12.1 Å². The van der Waals surface area contributed by atoms with Crippen LogP contribution in [0.25, 0.3) is 0 Å². The Kier molecular flexibility index (Phi) is 5.12. The van der Waals surface area contributed by atoms with Gasteiger partial charge in [-0.25, -0.2) is 0 Å². The Morgan fingerprint density at radius 3 is 2.48 bits per heavy atom. The molecular formula is C17H26N2O2. The summed E-state index contributed by atoms with van der Waals surface area (Å²) in [7, 11) is 0. The normalized spacial score (nSPS) is 22.3.